The van der Waals surface area contributed by atoms with Gasteiger partial charge in [-0.2, -0.15) is 13.2 Å². The quantitative estimate of drug-likeness (QED) is 0.271. The third kappa shape index (κ3) is 5.16. The average Bonchev–Trinajstić information content (AvgIpc) is 2.94. The second kappa shape index (κ2) is 9.40. The number of pyridine rings is 1. The fourth-order valence-corrected chi connectivity index (χ4v) is 4.06. The maximum atomic E-state index is 13.2. The summed E-state index contributed by atoms with van der Waals surface area (Å²) in [6, 6.07) is 9.07. The molecule has 160 valence electrons. The molecule has 0 saturated carbocycles. The summed E-state index contributed by atoms with van der Waals surface area (Å²) >= 11 is 11.9. The van der Waals surface area contributed by atoms with E-state index < -0.39 is 12.0 Å². The molecule has 0 spiro atoms. The second-order valence-corrected chi connectivity index (χ2v) is 8.15. The molecule has 0 atom stereocenters. The number of carbonyl (C=O) groups is 1. The summed E-state index contributed by atoms with van der Waals surface area (Å²) in [6.07, 6.45) is 1.08. The summed E-state index contributed by atoms with van der Waals surface area (Å²) in [6.45, 7) is 0. The number of carbonyl (C=O) groups excluding carboxylic acids is 1. The van der Waals surface area contributed by atoms with Crippen LogP contribution in [-0.4, -0.2) is 21.5 Å². The number of aryl methyl sites for hydroxylation is 2. The smallest absolute Gasteiger partial charge is 0.332 e. The predicted molar refractivity (Wildman–Crippen MR) is 113 cm³/mol. The molecule has 3 rings (SSSR count). The fourth-order valence-electron chi connectivity index (χ4n) is 3.69. The van der Waals surface area contributed by atoms with Gasteiger partial charge < -0.3 is 4.57 Å². The molecular weight excluding hydrogens is 436 g/mol. The lowest BCUT2D eigenvalue weighted by atomic mass is 10.0. The number of alkyl halides is 3. The summed E-state index contributed by atoms with van der Waals surface area (Å²) < 4.78 is 41.2. The van der Waals surface area contributed by atoms with Gasteiger partial charge in [-0.05, 0) is 49.4 Å². The van der Waals surface area contributed by atoms with E-state index in [1.807, 2.05) is 24.3 Å². The van der Waals surface area contributed by atoms with E-state index in [4.69, 9.17) is 23.2 Å². The van der Waals surface area contributed by atoms with Gasteiger partial charge in [-0.3, -0.25) is 4.79 Å². The van der Waals surface area contributed by atoms with Crippen molar-refractivity contribution in [1.82, 2.24) is 9.55 Å². The molecule has 0 radical (unpaired) electrons. The monoisotopic (exact) mass is 456 g/mol. The molecule has 0 amide bonds. The van der Waals surface area contributed by atoms with Crippen LogP contribution in [0.2, 0.25) is 10.0 Å². The number of rotatable bonds is 8. The van der Waals surface area contributed by atoms with Gasteiger partial charge in [-0.15, -0.1) is 0 Å². The van der Waals surface area contributed by atoms with Crippen LogP contribution < -0.4 is 0 Å². The van der Waals surface area contributed by atoms with Crippen LogP contribution >= 0.6 is 23.2 Å². The van der Waals surface area contributed by atoms with Crippen molar-refractivity contribution in [3.63, 3.8) is 0 Å². The molecule has 0 fully saturated rings. The Hall–Kier alpha value is -2.05. The first-order valence-electron chi connectivity index (χ1n) is 9.67. The van der Waals surface area contributed by atoms with Crippen molar-refractivity contribution < 1.29 is 18.0 Å². The van der Waals surface area contributed by atoms with E-state index in [0.717, 1.165) is 31.2 Å². The SMILES string of the molecule is Cn1c(CCCCCCc2cccc(Cl)c2)c(C(=O)C(F)(F)F)c2cc(Cl)cnc21. The third-order valence-corrected chi connectivity index (χ3v) is 5.56. The minimum Gasteiger partial charge on any atom is -0.332 e. The van der Waals surface area contributed by atoms with Crippen LogP contribution in [0, 0.1) is 0 Å². The van der Waals surface area contributed by atoms with Crippen molar-refractivity contribution in [2.75, 3.05) is 0 Å². The van der Waals surface area contributed by atoms with Crippen molar-refractivity contribution in [2.24, 2.45) is 7.05 Å². The van der Waals surface area contributed by atoms with Crippen molar-refractivity contribution >= 4 is 40.0 Å². The summed E-state index contributed by atoms with van der Waals surface area (Å²) in [5, 5.41) is 1.04. The molecule has 0 N–H and O–H groups in total. The Kier molecular flexibility index (Phi) is 7.09. The molecule has 0 aliphatic heterocycles. The van der Waals surface area contributed by atoms with Gasteiger partial charge in [0.05, 0.1) is 10.6 Å². The summed E-state index contributed by atoms with van der Waals surface area (Å²) in [5.74, 6) is -1.85. The molecule has 0 saturated heterocycles. The van der Waals surface area contributed by atoms with Crippen LogP contribution in [-0.2, 0) is 19.9 Å². The van der Waals surface area contributed by atoms with E-state index in [1.54, 1.807) is 11.6 Å². The Bertz CT molecular complexity index is 1060. The van der Waals surface area contributed by atoms with Gasteiger partial charge in [-0.25, -0.2) is 4.98 Å². The molecule has 3 nitrogen and oxygen atoms in total. The van der Waals surface area contributed by atoms with Crippen molar-refractivity contribution in [3.05, 3.63) is 63.4 Å². The molecule has 0 unspecified atom stereocenters. The van der Waals surface area contributed by atoms with Gasteiger partial charge in [0.25, 0.3) is 5.78 Å². The van der Waals surface area contributed by atoms with Crippen molar-refractivity contribution in [3.8, 4) is 0 Å². The molecule has 0 aliphatic rings. The number of unbranched alkanes of at least 4 members (excludes halogenated alkanes) is 3. The van der Waals surface area contributed by atoms with Crippen LogP contribution in [0.4, 0.5) is 13.2 Å². The van der Waals surface area contributed by atoms with Crippen molar-refractivity contribution in [1.29, 1.82) is 0 Å². The molecule has 8 heteroatoms. The standard InChI is InChI=1S/C22H21Cl2F3N2O/c1-29-18(10-5-3-2-4-7-14-8-6-9-15(23)11-14)19(20(30)22(25,26)27)17-12-16(24)13-28-21(17)29/h6,8-9,11-13H,2-5,7,10H2,1H3. The number of hydrogen-bond acceptors (Lipinski definition) is 2. The minimum absolute atomic E-state index is 0.142. The highest BCUT2D eigenvalue weighted by molar-refractivity contribution is 6.31. The third-order valence-electron chi connectivity index (χ3n) is 5.12. The van der Waals surface area contributed by atoms with Crippen LogP contribution in [0.25, 0.3) is 11.0 Å². The van der Waals surface area contributed by atoms with E-state index >= 15 is 0 Å². The number of fused-ring (bicyclic) bond motifs is 1. The zero-order valence-electron chi connectivity index (χ0n) is 16.4. The maximum Gasteiger partial charge on any atom is 0.454 e. The molecule has 3 aromatic rings. The summed E-state index contributed by atoms with van der Waals surface area (Å²) in [4.78, 5) is 16.3. The number of halogens is 5. The van der Waals surface area contributed by atoms with Crippen LogP contribution in [0.1, 0.15) is 47.3 Å². The highest BCUT2D eigenvalue weighted by Crippen LogP contribution is 2.33. The predicted octanol–water partition coefficient (Wildman–Crippen LogP) is 6.97. The Morgan fingerprint density at radius 1 is 1.03 bits per heavy atom. The summed E-state index contributed by atoms with van der Waals surface area (Å²) in [5.41, 5.74) is 1.49. The first-order chi connectivity index (χ1) is 14.2. The van der Waals surface area contributed by atoms with Gasteiger partial charge >= 0.3 is 6.18 Å². The molecule has 0 bridgehead atoms. The summed E-state index contributed by atoms with van der Waals surface area (Å²) in [7, 11) is 1.63. The Balaban J connectivity index is 1.69. The number of benzene rings is 1. The number of aromatic nitrogens is 2. The highest BCUT2D eigenvalue weighted by Gasteiger charge is 2.42. The first kappa shape index (κ1) is 22.6. The number of Topliss-reactive ketones (excluding diaryl/α,β-unsaturated/α-hetero) is 1. The average molecular weight is 457 g/mol. The van der Waals surface area contributed by atoms with Gasteiger partial charge in [0.1, 0.15) is 5.65 Å². The lowest BCUT2D eigenvalue weighted by Gasteiger charge is -2.09. The van der Waals surface area contributed by atoms with E-state index in [0.29, 0.717) is 29.2 Å². The Morgan fingerprint density at radius 2 is 1.73 bits per heavy atom. The zero-order chi connectivity index (χ0) is 21.9. The van der Waals surface area contributed by atoms with Crippen LogP contribution in [0.5, 0.6) is 0 Å². The van der Waals surface area contributed by atoms with Gasteiger partial charge in [0.2, 0.25) is 0 Å². The molecule has 30 heavy (non-hydrogen) atoms. The number of hydrogen-bond donors (Lipinski definition) is 0. The lowest BCUT2D eigenvalue weighted by molar-refractivity contribution is -0.0884. The van der Waals surface area contributed by atoms with Crippen LogP contribution in [0.3, 0.4) is 0 Å². The van der Waals surface area contributed by atoms with E-state index in [9.17, 15) is 18.0 Å². The maximum absolute atomic E-state index is 13.2. The normalized spacial score (nSPS) is 11.9. The second-order valence-electron chi connectivity index (χ2n) is 7.28. The minimum atomic E-state index is -4.96. The molecule has 2 aromatic heterocycles. The molecule has 0 aliphatic carbocycles. The van der Waals surface area contributed by atoms with E-state index in [2.05, 4.69) is 4.98 Å². The van der Waals surface area contributed by atoms with E-state index in [1.165, 1.54) is 12.3 Å². The lowest BCUT2D eigenvalue weighted by Crippen LogP contribution is -2.24. The molecule has 2 heterocycles. The van der Waals surface area contributed by atoms with Crippen molar-refractivity contribution in [2.45, 2.75) is 44.7 Å². The Morgan fingerprint density at radius 3 is 2.40 bits per heavy atom. The topological polar surface area (TPSA) is 34.9 Å². The Labute approximate surface area is 182 Å². The van der Waals surface area contributed by atoms with E-state index in [-0.39, 0.29) is 16.0 Å². The largest absolute Gasteiger partial charge is 0.454 e. The fraction of sp³-hybridized carbons (Fsp3) is 0.364. The van der Waals surface area contributed by atoms with Gasteiger partial charge in [0.15, 0.2) is 0 Å². The van der Waals surface area contributed by atoms with Crippen LogP contribution in [0.15, 0.2) is 36.5 Å². The van der Waals surface area contributed by atoms with Gasteiger partial charge in [-0.1, -0.05) is 48.2 Å². The number of ketones is 1. The van der Waals surface area contributed by atoms with Gasteiger partial charge in [0, 0.05) is 29.3 Å². The zero-order valence-corrected chi connectivity index (χ0v) is 17.9. The molecule has 1 aromatic carbocycles. The first-order valence-corrected chi connectivity index (χ1v) is 10.4. The highest BCUT2D eigenvalue weighted by atomic mass is 35.5. The number of nitrogens with zero attached hydrogens (tertiary/aromatic N) is 2. The molecular formula is C22H21Cl2F3N2O.